The van der Waals surface area contributed by atoms with Crippen molar-refractivity contribution in [2.75, 3.05) is 0 Å². The van der Waals surface area contributed by atoms with Gasteiger partial charge in [0.2, 0.25) is 0 Å². The molecule has 0 atom stereocenters. The second kappa shape index (κ2) is 22.1. The van der Waals surface area contributed by atoms with E-state index in [0.717, 1.165) is 83.7 Å². The Labute approximate surface area is 523 Å². The summed E-state index contributed by atoms with van der Waals surface area (Å²) in [5.41, 5.74) is 23.3. The van der Waals surface area contributed by atoms with E-state index < -0.39 is 0 Å². The molecule has 418 valence electrons. The van der Waals surface area contributed by atoms with Crippen LogP contribution in [0.25, 0.3) is 177 Å². The van der Waals surface area contributed by atoms with Crippen LogP contribution in [-0.4, -0.2) is 9.97 Å². The van der Waals surface area contributed by atoms with Crippen molar-refractivity contribution >= 4 is 53.9 Å². The highest BCUT2D eigenvalue weighted by Gasteiger charge is 2.32. The molecule has 17 rings (SSSR count). The maximum absolute atomic E-state index is 5.44. The molecule has 17 aromatic rings. The quantitative estimate of drug-likeness (QED) is 0.0953. The van der Waals surface area contributed by atoms with Gasteiger partial charge in [-0.1, -0.05) is 328 Å². The maximum Gasteiger partial charge on any atom is 0.160 e. The normalized spacial score (nSPS) is 11.6. The first-order valence-corrected chi connectivity index (χ1v) is 31.0. The van der Waals surface area contributed by atoms with Crippen LogP contribution in [0.4, 0.5) is 0 Å². The summed E-state index contributed by atoms with van der Waals surface area (Å²) in [6, 6.07) is 124. The fourth-order valence-electron chi connectivity index (χ4n) is 14.5. The molecule has 0 amide bonds. The minimum Gasteiger partial charge on any atom is -0.228 e. The van der Waals surface area contributed by atoms with Crippen molar-refractivity contribution < 1.29 is 0 Å². The van der Waals surface area contributed by atoms with Gasteiger partial charge >= 0.3 is 0 Å². The summed E-state index contributed by atoms with van der Waals surface area (Å²) in [6.45, 7) is 0. The number of benzene rings is 16. The van der Waals surface area contributed by atoms with Crippen LogP contribution in [-0.2, 0) is 0 Å². The van der Waals surface area contributed by atoms with Crippen LogP contribution in [0.3, 0.4) is 0 Å². The predicted molar refractivity (Wildman–Crippen MR) is 381 cm³/mol. The average Bonchev–Trinajstić information content (AvgIpc) is 0.678. The molecule has 1 aromatic heterocycles. The fourth-order valence-corrected chi connectivity index (χ4v) is 14.5. The van der Waals surface area contributed by atoms with Gasteiger partial charge in [-0.3, -0.25) is 0 Å². The highest BCUT2D eigenvalue weighted by atomic mass is 14.9. The molecule has 0 aliphatic carbocycles. The van der Waals surface area contributed by atoms with E-state index in [1.54, 1.807) is 0 Å². The highest BCUT2D eigenvalue weighted by Crippen LogP contribution is 2.60. The Hall–Kier alpha value is -11.8. The molecule has 0 aliphatic rings. The first-order chi connectivity index (χ1) is 44.7. The first-order valence-electron chi connectivity index (χ1n) is 31.0. The van der Waals surface area contributed by atoms with E-state index in [-0.39, 0.29) is 0 Å². The lowest BCUT2D eigenvalue weighted by molar-refractivity contribution is 1.18. The van der Waals surface area contributed by atoms with Gasteiger partial charge in [-0.05, 0) is 155 Å². The lowest BCUT2D eigenvalue weighted by atomic mass is 9.73. The largest absolute Gasteiger partial charge is 0.228 e. The Balaban J connectivity index is 1.12. The molecular formula is C88H56N2. The van der Waals surface area contributed by atoms with Crippen molar-refractivity contribution in [3.05, 3.63) is 340 Å². The highest BCUT2D eigenvalue weighted by molar-refractivity contribution is 6.46. The number of nitrogens with zero attached hydrogens (tertiary/aromatic N) is 2. The molecule has 0 fully saturated rings. The summed E-state index contributed by atoms with van der Waals surface area (Å²) in [5, 5.41) is 12.1. The lowest BCUT2D eigenvalue weighted by Crippen LogP contribution is -2.02. The average molecular weight is 1140 g/mol. The summed E-state index contributed by atoms with van der Waals surface area (Å²) in [6.07, 6.45) is 0. The van der Waals surface area contributed by atoms with Gasteiger partial charge in [-0.15, -0.1) is 0 Å². The molecule has 0 saturated heterocycles. The molecule has 2 nitrogen and oxygen atoms in total. The molecule has 0 unspecified atom stereocenters. The SMILES string of the molecule is c1ccc(-c2cc(-c3ccccc3)nc(-c3cccc(-c4c(-c5ccccc5)c(-c5ccccc5)c(-c5ccccc5)c5c6cccc7c8c(-c9ccccc9)c(-c9ccccc9)c(-c9ccccc9)c(-c9ccccc9)c8c8cccc(c45)c8c76)c3)n2)cc1. The Bertz CT molecular complexity index is 5450. The van der Waals surface area contributed by atoms with E-state index in [1.807, 2.05) is 0 Å². The van der Waals surface area contributed by atoms with E-state index in [1.165, 1.54) is 87.2 Å². The van der Waals surface area contributed by atoms with Gasteiger partial charge in [0, 0.05) is 16.7 Å². The van der Waals surface area contributed by atoms with Gasteiger partial charge in [0.05, 0.1) is 11.4 Å². The number of hydrogen-bond acceptors (Lipinski definition) is 2. The van der Waals surface area contributed by atoms with E-state index in [0.29, 0.717) is 5.82 Å². The molecule has 1 heterocycles. The monoisotopic (exact) mass is 1140 g/mol. The number of rotatable bonds is 11. The van der Waals surface area contributed by atoms with Gasteiger partial charge in [-0.25, -0.2) is 9.97 Å². The van der Waals surface area contributed by atoms with Gasteiger partial charge < -0.3 is 0 Å². The summed E-state index contributed by atoms with van der Waals surface area (Å²) >= 11 is 0. The van der Waals surface area contributed by atoms with E-state index >= 15 is 0 Å². The third-order valence-corrected chi connectivity index (χ3v) is 18.2. The van der Waals surface area contributed by atoms with Crippen molar-refractivity contribution in [2.24, 2.45) is 0 Å². The zero-order chi connectivity index (χ0) is 59.5. The van der Waals surface area contributed by atoms with Crippen LogP contribution in [0.5, 0.6) is 0 Å². The van der Waals surface area contributed by atoms with Crippen LogP contribution in [0, 0.1) is 0 Å². The molecular weight excluding hydrogens is 1080 g/mol. The second-order valence-electron chi connectivity index (χ2n) is 23.3. The van der Waals surface area contributed by atoms with Crippen molar-refractivity contribution in [1.29, 1.82) is 0 Å². The maximum atomic E-state index is 5.44. The number of hydrogen-bond donors (Lipinski definition) is 0. The second-order valence-corrected chi connectivity index (χ2v) is 23.3. The van der Waals surface area contributed by atoms with E-state index in [2.05, 4.69) is 340 Å². The lowest BCUT2D eigenvalue weighted by Gasteiger charge is -2.29. The third-order valence-electron chi connectivity index (χ3n) is 18.2. The summed E-state index contributed by atoms with van der Waals surface area (Å²) < 4.78 is 0. The van der Waals surface area contributed by atoms with Crippen molar-refractivity contribution in [1.82, 2.24) is 9.97 Å². The van der Waals surface area contributed by atoms with Crippen molar-refractivity contribution in [3.63, 3.8) is 0 Å². The summed E-state index contributed by atoms with van der Waals surface area (Å²) in [5.74, 6) is 0.659. The number of fused-ring (bicyclic) bond motifs is 6. The zero-order valence-corrected chi connectivity index (χ0v) is 49.2. The van der Waals surface area contributed by atoms with E-state index in [4.69, 9.17) is 9.97 Å². The number of aromatic nitrogens is 2. The Morgan fingerprint density at radius 2 is 0.356 bits per heavy atom. The fraction of sp³-hybridized carbons (Fsp3) is 0. The van der Waals surface area contributed by atoms with Crippen LogP contribution in [0.2, 0.25) is 0 Å². The molecule has 0 spiro atoms. The van der Waals surface area contributed by atoms with E-state index in [9.17, 15) is 0 Å². The van der Waals surface area contributed by atoms with Crippen molar-refractivity contribution in [2.45, 2.75) is 0 Å². The molecule has 0 saturated carbocycles. The Morgan fingerprint density at radius 1 is 0.144 bits per heavy atom. The van der Waals surface area contributed by atoms with Crippen LogP contribution < -0.4 is 0 Å². The minimum atomic E-state index is 0.659. The molecule has 0 radical (unpaired) electrons. The van der Waals surface area contributed by atoms with Crippen molar-refractivity contribution in [3.8, 4) is 123 Å². The molecule has 16 aromatic carbocycles. The molecule has 0 bridgehead atoms. The molecule has 2 heteroatoms. The van der Waals surface area contributed by atoms with Crippen LogP contribution >= 0.6 is 0 Å². The molecule has 0 aliphatic heterocycles. The first kappa shape index (κ1) is 52.5. The Morgan fingerprint density at radius 3 is 0.633 bits per heavy atom. The topological polar surface area (TPSA) is 25.8 Å². The van der Waals surface area contributed by atoms with Crippen LogP contribution in [0.1, 0.15) is 0 Å². The predicted octanol–water partition coefficient (Wildman–Crippen LogP) is 24.0. The summed E-state index contributed by atoms with van der Waals surface area (Å²) in [4.78, 5) is 10.9. The minimum absolute atomic E-state index is 0.659. The van der Waals surface area contributed by atoms with Gasteiger partial charge in [0.15, 0.2) is 5.82 Å². The Kier molecular flexibility index (Phi) is 12.9. The standard InChI is InChI=1S/C88H56N2/c1-10-31-57(32-11-1)72-56-73(58-33-12-2-13-34-58)90-88(89-72)67-50-28-49-66(55-67)81-77(62-41-20-6-21-42-62)76(61-39-18-5-19-40-61)80(65-47-26-9-27-48-65)86-70-53-29-51-68-82(70)83-69(52-30-54-71(83)87(81)86)85-79(64-45-24-8-25-46-64)75(60-37-16-4-17-38-60)74(59-35-14-3-15-36-59)78(84(68)85)63-43-22-7-23-44-63/h1-56H. The molecule has 0 N–H and O–H groups in total. The van der Waals surface area contributed by atoms with Crippen LogP contribution in [0.15, 0.2) is 340 Å². The third kappa shape index (κ3) is 8.72. The zero-order valence-electron chi connectivity index (χ0n) is 49.2. The molecule has 90 heavy (non-hydrogen) atoms. The summed E-state index contributed by atoms with van der Waals surface area (Å²) in [7, 11) is 0. The smallest absolute Gasteiger partial charge is 0.160 e. The van der Waals surface area contributed by atoms with Gasteiger partial charge in [-0.2, -0.15) is 0 Å². The van der Waals surface area contributed by atoms with Gasteiger partial charge in [0.25, 0.3) is 0 Å². The van der Waals surface area contributed by atoms with Gasteiger partial charge in [0.1, 0.15) is 0 Å².